The van der Waals surface area contributed by atoms with Gasteiger partial charge in [-0.15, -0.1) is 0 Å². The number of aromatic nitrogens is 2. The third kappa shape index (κ3) is 13.3. The van der Waals surface area contributed by atoms with Crippen LogP contribution in [0.3, 0.4) is 0 Å². The summed E-state index contributed by atoms with van der Waals surface area (Å²) in [6.07, 6.45) is -17.6. The quantitative estimate of drug-likeness (QED) is 0.0564. The van der Waals surface area contributed by atoms with Gasteiger partial charge in [-0.25, -0.2) is 9.11 Å². The van der Waals surface area contributed by atoms with Crippen LogP contribution >= 0.6 is 15.6 Å². The average Bonchev–Trinajstić information content (AvgIpc) is 3.39. The maximum Gasteiger partial charge on any atom is 0.330 e. The van der Waals surface area contributed by atoms with Crippen molar-refractivity contribution in [2.45, 2.75) is 107 Å². The maximum atomic E-state index is 13.0. The molecule has 3 amide bonds. The molecule has 28 nitrogen and oxygen atoms in total. The summed E-state index contributed by atoms with van der Waals surface area (Å²) in [7, 11) is -12.2. The van der Waals surface area contributed by atoms with Gasteiger partial charge in [-0.3, -0.25) is 42.4 Å². The molecule has 58 heavy (non-hydrogen) atoms. The number of carbonyl (C=O) groups excluding carboxylic acids is 5. The topological polar surface area (TPSA) is 439 Å². The van der Waals surface area contributed by atoms with E-state index in [1.807, 2.05) is 10.3 Å². The maximum absolute atomic E-state index is 13.0. The van der Waals surface area contributed by atoms with Gasteiger partial charge in [-0.05, 0) is 26.7 Å². The molecular weight excluding hydrogens is 836 g/mol. The Hall–Kier alpha value is -3.99. The molecule has 2 unspecified atom stereocenters. The van der Waals surface area contributed by atoms with Gasteiger partial charge in [0.2, 0.25) is 17.7 Å². The van der Waals surface area contributed by atoms with E-state index in [0.717, 1.165) is 33.0 Å². The van der Waals surface area contributed by atoms with Crippen molar-refractivity contribution >= 4 is 45.3 Å². The molecular formula is C28H39N5O23P2-4. The van der Waals surface area contributed by atoms with Gasteiger partial charge in [-0.2, -0.15) is 0 Å². The fraction of sp³-hybridized carbons (Fsp3) is 0.679. The van der Waals surface area contributed by atoms with Gasteiger partial charge in [-0.1, -0.05) is 0 Å². The molecule has 0 saturated carbocycles. The first-order valence-electron chi connectivity index (χ1n) is 16.7. The van der Waals surface area contributed by atoms with Gasteiger partial charge in [0.1, 0.15) is 54.8 Å². The van der Waals surface area contributed by atoms with Crippen LogP contribution in [0.4, 0.5) is 0 Å². The van der Waals surface area contributed by atoms with Crippen LogP contribution in [0.25, 0.3) is 0 Å². The molecule has 2 fully saturated rings. The summed E-state index contributed by atoms with van der Waals surface area (Å²) < 4.78 is 55.4. The lowest BCUT2D eigenvalue weighted by Crippen LogP contribution is -2.66. The van der Waals surface area contributed by atoms with Crippen LogP contribution in [0.15, 0.2) is 21.9 Å². The van der Waals surface area contributed by atoms with Gasteiger partial charge in [0, 0.05) is 25.2 Å². The molecule has 1 aromatic rings. The smallest absolute Gasteiger partial charge is 0.330 e. The third-order valence-corrected chi connectivity index (χ3v) is 10.8. The number of aliphatic hydroxyl groups is 4. The van der Waals surface area contributed by atoms with Crippen LogP contribution in [-0.4, -0.2) is 140 Å². The van der Waals surface area contributed by atoms with Crippen molar-refractivity contribution < 1.29 is 101 Å². The summed E-state index contributed by atoms with van der Waals surface area (Å²) in [6.45, 7) is 0.695. The minimum absolute atomic E-state index is 0.616. The Labute approximate surface area is 325 Å². The first kappa shape index (κ1) is 48.4. The highest BCUT2D eigenvalue weighted by Crippen LogP contribution is 2.57. The second kappa shape index (κ2) is 20.3. The lowest BCUT2D eigenvalue weighted by molar-refractivity contribution is -0.310. The van der Waals surface area contributed by atoms with Crippen molar-refractivity contribution in [3.05, 3.63) is 33.1 Å². The predicted octanol–water partition coefficient (Wildman–Crippen LogP) is -9.23. The molecule has 0 spiro atoms. The lowest BCUT2D eigenvalue weighted by atomic mass is 9.96. The molecule has 0 aromatic carbocycles. The molecule has 0 aliphatic carbocycles. The molecule has 2 aliphatic heterocycles. The minimum atomic E-state index is -6.20. The molecule has 14 atom stereocenters. The SMILES string of the molecule is CC(=O)N[C@H]1[C@@H](OP(=O)([O-])OP(=O)([O-])OC[C@H]2O[C@@H](n3ccc(=O)[nH]c3=O)[C@H](O)[C@@H]2O)O[C@H](CO)[C@@H](O)[C@@H]1O[C@H](C)C(=O)N[C@@H](C)C(=O)N[C@H](CCC(=O)[O-])C(=O)[O-]. The Kier molecular flexibility index (Phi) is 16.9. The number of carboxylic acid groups (broad SMARTS) is 2. The van der Waals surface area contributed by atoms with Crippen molar-refractivity contribution in [2.75, 3.05) is 13.2 Å². The summed E-state index contributed by atoms with van der Waals surface area (Å²) >= 11 is 0. The number of nitrogens with zero attached hydrogens (tertiary/aromatic N) is 1. The third-order valence-electron chi connectivity index (χ3n) is 8.24. The zero-order chi connectivity index (χ0) is 43.9. The number of rotatable bonds is 20. The van der Waals surface area contributed by atoms with Crippen molar-refractivity contribution in [3.8, 4) is 0 Å². The number of phosphoric ester groups is 2. The van der Waals surface area contributed by atoms with Gasteiger partial charge >= 0.3 is 5.69 Å². The van der Waals surface area contributed by atoms with Crippen molar-refractivity contribution in [3.63, 3.8) is 0 Å². The van der Waals surface area contributed by atoms with Crippen LogP contribution in [0, 0.1) is 0 Å². The largest absolute Gasteiger partial charge is 0.756 e. The Bertz CT molecular complexity index is 1880. The van der Waals surface area contributed by atoms with E-state index < -0.39 is 156 Å². The second-order valence-electron chi connectivity index (χ2n) is 12.6. The number of aliphatic carboxylic acids is 2. The van der Waals surface area contributed by atoms with Crippen LogP contribution in [0.2, 0.25) is 0 Å². The average molecular weight is 876 g/mol. The zero-order valence-corrected chi connectivity index (χ0v) is 32.1. The van der Waals surface area contributed by atoms with E-state index in [1.165, 1.54) is 0 Å². The number of carboxylic acids is 2. The first-order valence-corrected chi connectivity index (χ1v) is 19.7. The Balaban J connectivity index is 1.71. The molecule has 30 heteroatoms. The number of hydrogen-bond acceptors (Lipinski definition) is 23. The van der Waals surface area contributed by atoms with Gasteiger partial charge in [0.25, 0.3) is 21.2 Å². The number of hydrogen-bond donors (Lipinski definition) is 8. The number of phosphoric acid groups is 2. The number of ether oxygens (including phenoxy) is 3. The monoisotopic (exact) mass is 875 g/mol. The van der Waals surface area contributed by atoms with Crippen molar-refractivity contribution in [1.29, 1.82) is 0 Å². The second-order valence-corrected chi connectivity index (χ2v) is 15.6. The summed E-state index contributed by atoms with van der Waals surface area (Å²) in [5, 5.41) is 69.6. The van der Waals surface area contributed by atoms with Crippen LogP contribution in [0.5, 0.6) is 0 Å². The molecule has 3 heterocycles. The number of H-pyrrole nitrogens is 1. The summed E-state index contributed by atoms with van der Waals surface area (Å²) in [5.41, 5.74) is -1.89. The number of carbonyl (C=O) groups is 5. The van der Waals surface area contributed by atoms with Crippen LogP contribution in [0.1, 0.15) is 39.8 Å². The highest BCUT2D eigenvalue weighted by atomic mass is 31.3. The fourth-order valence-electron chi connectivity index (χ4n) is 5.39. The molecule has 0 bridgehead atoms. The first-order chi connectivity index (χ1) is 26.9. The lowest BCUT2D eigenvalue weighted by Gasteiger charge is -2.46. The van der Waals surface area contributed by atoms with E-state index in [2.05, 4.69) is 19.5 Å². The number of aliphatic hydroxyl groups excluding tert-OH is 4. The Morgan fingerprint density at radius 3 is 2.19 bits per heavy atom. The predicted molar refractivity (Wildman–Crippen MR) is 173 cm³/mol. The Morgan fingerprint density at radius 1 is 0.966 bits per heavy atom. The standard InChI is InChI=1S/C28H43N5O23P2/c1-10(23(42)31-13(26(44)45)4-5-17(37)38)29-24(43)11(2)52-22-18(30-12(3)35)27(54-14(8-34)20(22)40)55-58(49,50)56-57(47,48)51-9-15-19(39)21(41)25(53-15)33-7-6-16(36)32-28(33)46/h6-7,10-11,13-15,18-22,25,27,34,39-41H,4-5,8-9H2,1-3H3,(H,29,43)(H,30,35)(H,31,42)(H,37,38)(H,44,45)(H,47,48)(H,49,50)(H,32,36,46)/p-4/t10-,11+,13+,14+,15+,18+,19+,20+,21+,22+,25+,27+/m0/s1. The summed E-state index contributed by atoms with van der Waals surface area (Å²) in [4.78, 5) is 110. The molecule has 0 radical (unpaired) electrons. The Morgan fingerprint density at radius 2 is 1.62 bits per heavy atom. The number of aromatic amines is 1. The van der Waals surface area contributed by atoms with Gasteiger partial charge in [0.15, 0.2) is 12.5 Å². The summed E-state index contributed by atoms with van der Waals surface area (Å²) in [6, 6.07) is -4.38. The highest BCUT2D eigenvalue weighted by Gasteiger charge is 2.50. The van der Waals surface area contributed by atoms with Gasteiger partial charge < -0.3 is 84.7 Å². The fourth-order valence-corrected chi connectivity index (χ4v) is 7.48. The van der Waals surface area contributed by atoms with E-state index in [1.54, 1.807) is 0 Å². The molecule has 328 valence electrons. The van der Waals surface area contributed by atoms with Gasteiger partial charge in [0.05, 0.1) is 25.2 Å². The molecule has 8 N–H and O–H groups in total. The van der Waals surface area contributed by atoms with E-state index >= 15 is 0 Å². The minimum Gasteiger partial charge on any atom is -0.756 e. The molecule has 1 aromatic heterocycles. The van der Waals surface area contributed by atoms with E-state index in [-0.39, 0.29) is 0 Å². The molecule has 3 rings (SSSR count). The van der Waals surface area contributed by atoms with Crippen LogP contribution in [-0.2, 0) is 60.7 Å². The highest BCUT2D eigenvalue weighted by molar-refractivity contribution is 7.59. The van der Waals surface area contributed by atoms with Crippen molar-refractivity contribution in [1.82, 2.24) is 25.5 Å². The molecule has 2 saturated heterocycles. The number of amides is 3. The number of nitrogens with one attached hydrogen (secondary N) is 4. The van der Waals surface area contributed by atoms with E-state index in [4.69, 9.17) is 18.7 Å². The van der Waals surface area contributed by atoms with Crippen LogP contribution < -0.4 is 47.2 Å². The van der Waals surface area contributed by atoms with E-state index in [9.17, 15) is 83.1 Å². The van der Waals surface area contributed by atoms with E-state index in [0.29, 0.717) is 4.57 Å². The zero-order valence-electron chi connectivity index (χ0n) is 30.3. The summed E-state index contributed by atoms with van der Waals surface area (Å²) in [5.74, 6) is -6.67. The molecule has 2 aliphatic rings. The van der Waals surface area contributed by atoms with Crippen molar-refractivity contribution in [2.24, 2.45) is 0 Å². The normalized spacial score (nSPS) is 29.5.